The molecule has 3 amide bonds. The number of urea groups is 1. The fourth-order valence-electron chi connectivity index (χ4n) is 0.696. The van der Waals surface area contributed by atoms with Crippen molar-refractivity contribution in [3.63, 3.8) is 0 Å². The highest BCUT2D eigenvalue weighted by molar-refractivity contribution is 5.79. The third kappa shape index (κ3) is 14.8. The highest BCUT2D eigenvalue weighted by Crippen LogP contribution is 1.96. The highest BCUT2D eigenvalue weighted by Gasteiger charge is 2.06. The molecule has 16 heavy (non-hydrogen) atoms. The van der Waals surface area contributed by atoms with Crippen LogP contribution >= 0.6 is 0 Å². The molecule has 0 aromatic rings. The smallest absolute Gasteiger partial charge is 0.335 e. The lowest BCUT2D eigenvalue weighted by Crippen LogP contribution is -2.36. The first kappa shape index (κ1) is 16.7. The van der Waals surface area contributed by atoms with Gasteiger partial charge in [-0.25, -0.2) is 4.79 Å². The van der Waals surface area contributed by atoms with Gasteiger partial charge in [-0.05, 0) is 19.4 Å². The van der Waals surface area contributed by atoms with Gasteiger partial charge in [0.05, 0.1) is 11.3 Å². The van der Waals surface area contributed by atoms with Crippen molar-refractivity contribution >= 4 is 11.9 Å². The zero-order valence-electron chi connectivity index (χ0n) is 8.89. The molecule has 0 fully saturated rings. The number of primary amides is 2. The van der Waals surface area contributed by atoms with E-state index >= 15 is 0 Å². The van der Waals surface area contributed by atoms with Crippen molar-refractivity contribution in [2.24, 2.45) is 28.2 Å². The van der Waals surface area contributed by atoms with Crippen LogP contribution in [0.4, 0.5) is 4.79 Å². The first-order chi connectivity index (χ1) is 7.45. The number of nitrogens with two attached hydrogens (primary N) is 4. The van der Waals surface area contributed by atoms with E-state index in [0.717, 1.165) is 12.8 Å². The average molecular weight is 234 g/mol. The van der Waals surface area contributed by atoms with Gasteiger partial charge in [0.1, 0.15) is 0 Å². The Morgan fingerprint density at radius 3 is 2.06 bits per heavy atom. The van der Waals surface area contributed by atoms with E-state index in [-0.39, 0.29) is 0 Å². The molecule has 0 aromatic carbocycles. The summed E-state index contributed by atoms with van der Waals surface area (Å²) in [5.41, 5.74) is 21.3. The maximum absolute atomic E-state index is 10.4. The summed E-state index contributed by atoms with van der Waals surface area (Å²) in [5, 5.41) is 1.96. The Hall–Kier alpha value is -1.74. The number of nitroso groups, excluding NO2 is 1. The maximum atomic E-state index is 10.4. The largest absolute Gasteiger partial charge is 0.368 e. The number of unbranched alkanes of at least 4 members (excludes halogenated alkanes) is 1. The summed E-state index contributed by atoms with van der Waals surface area (Å²) in [6.45, 7) is 0.644. The van der Waals surface area contributed by atoms with E-state index in [1.807, 2.05) is 5.29 Å². The normalized spacial score (nSPS) is 10.6. The van der Waals surface area contributed by atoms with Gasteiger partial charge in [-0.2, -0.15) is 5.43 Å². The van der Waals surface area contributed by atoms with Gasteiger partial charge in [0.2, 0.25) is 5.91 Å². The molecule has 1 atom stereocenters. The lowest BCUT2D eigenvalue weighted by molar-refractivity contribution is -0.119. The van der Waals surface area contributed by atoms with Crippen molar-refractivity contribution in [2.75, 3.05) is 6.54 Å². The minimum atomic E-state index is -0.940. The molecular weight excluding hydrogens is 216 g/mol. The first-order valence-corrected chi connectivity index (χ1v) is 4.58. The lowest BCUT2D eigenvalue weighted by Gasteiger charge is -2.04. The number of rotatable bonds is 6. The first-order valence-electron chi connectivity index (χ1n) is 4.58. The second-order valence-corrected chi connectivity index (χ2v) is 2.86. The van der Waals surface area contributed by atoms with Crippen LogP contribution < -0.4 is 28.4 Å². The zero-order valence-corrected chi connectivity index (χ0v) is 8.89. The number of carbonyl (C=O) groups is 2. The predicted octanol–water partition coefficient (Wildman–Crippen LogP) is -1.74. The lowest BCUT2D eigenvalue weighted by atomic mass is 10.1. The minimum Gasteiger partial charge on any atom is -0.368 e. The molecule has 9 nitrogen and oxygen atoms in total. The van der Waals surface area contributed by atoms with Gasteiger partial charge in [0.25, 0.3) is 0 Å². The van der Waals surface area contributed by atoms with Crippen molar-refractivity contribution in [3.8, 4) is 0 Å². The second kappa shape index (κ2) is 11.3. The van der Waals surface area contributed by atoms with Crippen LogP contribution in [0.25, 0.3) is 0 Å². The number of carbonyl (C=O) groups excluding carboxylic acids is 2. The minimum absolute atomic E-state index is 0.433. The number of amides is 3. The van der Waals surface area contributed by atoms with Crippen LogP contribution in [0.3, 0.4) is 0 Å². The molecular formula is C7H18N6O3. The van der Waals surface area contributed by atoms with E-state index < -0.39 is 18.0 Å². The summed E-state index contributed by atoms with van der Waals surface area (Å²) in [7, 11) is 0. The van der Waals surface area contributed by atoms with Crippen molar-refractivity contribution in [1.82, 2.24) is 5.43 Å². The Morgan fingerprint density at radius 2 is 1.81 bits per heavy atom. The Balaban J connectivity index is 0. The summed E-state index contributed by atoms with van der Waals surface area (Å²) in [6, 6.07) is -1.43. The molecule has 0 rings (SSSR count). The SMILES string of the molecule is NC(=O)NN=O.NCCCCC(N)C(N)=O. The third-order valence-electron chi connectivity index (χ3n) is 1.49. The van der Waals surface area contributed by atoms with Crippen LogP contribution in [-0.4, -0.2) is 24.5 Å². The van der Waals surface area contributed by atoms with Crippen LogP contribution in [0.5, 0.6) is 0 Å². The summed E-state index contributed by atoms with van der Waals surface area (Å²) in [5.74, 6) is -0.433. The molecule has 0 aliphatic carbocycles. The van der Waals surface area contributed by atoms with Crippen molar-refractivity contribution in [1.29, 1.82) is 0 Å². The number of nitrogens with zero attached hydrogens (tertiary/aromatic N) is 1. The van der Waals surface area contributed by atoms with Crippen LogP contribution in [0.15, 0.2) is 5.29 Å². The van der Waals surface area contributed by atoms with Gasteiger partial charge in [-0.1, -0.05) is 6.42 Å². The molecule has 1 unspecified atom stereocenters. The number of nitrogens with one attached hydrogen (secondary N) is 1. The summed E-state index contributed by atoms with van der Waals surface area (Å²) < 4.78 is 0. The molecule has 0 aromatic heterocycles. The van der Waals surface area contributed by atoms with E-state index in [9.17, 15) is 9.59 Å². The van der Waals surface area contributed by atoms with Gasteiger partial charge in [0.15, 0.2) is 0 Å². The molecule has 0 aliphatic heterocycles. The molecule has 0 radical (unpaired) electrons. The van der Waals surface area contributed by atoms with E-state index in [4.69, 9.17) is 22.1 Å². The third-order valence-corrected chi connectivity index (χ3v) is 1.49. The van der Waals surface area contributed by atoms with Crippen LogP contribution in [0.1, 0.15) is 19.3 Å². The standard InChI is InChI=1S/C6H15N3O.CH3N3O2/c7-4-2-1-3-5(8)6(9)10;2-1(5)3-4-6/h5H,1-4,7-8H2,(H2,9,10);(H3,2,3,5,6). The van der Waals surface area contributed by atoms with Crippen molar-refractivity contribution < 1.29 is 9.59 Å². The Bertz CT molecular complexity index is 222. The topological polar surface area (TPSA) is 180 Å². The van der Waals surface area contributed by atoms with E-state index in [1.165, 1.54) is 5.43 Å². The van der Waals surface area contributed by atoms with Gasteiger partial charge >= 0.3 is 6.03 Å². The van der Waals surface area contributed by atoms with Crippen LogP contribution in [-0.2, 0) is 4.79 Å². The average Bonchev–Trinajstić information content (AvgIpc) is 2.18. The zero-order chi connectivity index (χ0) is 13.0. The molecule has 0 heterocycles. The molecule has 9 heteroatoms. The Morgan fingerprint density at radius 1 is 1.25 bits per heavy atom. The molecule has 94 valence electrons. The quantitative estimate of drug-likeness (QED) is 0.207. The molecule has 0 saturated carbocycles. The van der Waals surface area contributed by atoms with Gasteiger partial charge in [-0.15, -0.1) is 4.91 Å². The van der Waals surface area contributed by atoms with Gasteiger partial charge in [-0.3, -0.25) is 4.79 Å². The molecule has 9 N–H and O–H groups in total. The fourth-order valence-corrected chi connectivity index (χ4v) is 0.696. The monoisotopic (exact) mass is 234 g/mol. The highest BCUT2D eigenvalue weighted by atomic mass is 16.3. The molecule has 0 spiro atoms. The maximum Gasteiger partial charge on any atom is 0.335 e. The van der Waals surface area contributed by atoms with E-state index in [0.29, 0.717) is 13.0 Å². The predicted molar refractivity (Wildman–Crippen MR) is 58.6 cm³/mol. The molecule has 0 aliphatic rings. The Kier molecular flexibility index (Phi) is 11.8. The number of hydrogen-bond donors (Lipinski definition) is 5. The molecule has 0 bridgehead atoms. The number of hydrogen-bond acceptors (Lipinski definition) is 6. The second-order valence-electron chi connectivity index (χ2n) is 2.86. The van der Waals surface area contributed by atoms with Crippen molar-refractivity contribution in [3.05, 3.63) is 4.91 Å². The van der Waals surface area contributed by atoms with Crippen LogP contribution in [0.2, 0.25) is 0 Å². The fraction of sp³-hybridized carbons (Fsp3) is 0.714. The van der Waals surface area contributed by atoms with E-state index in [2.05, 4.69) is 5.73 Å². The van der Waals surface area contributed by atoms with Crippen molar-refractivity contribution in [2.45, 2.75) is 25.3 Å². The summed E-state index contributed by atoms with van der Waals surface area (Å²) in [6.07, 6.45) is 2.42. The molecule has 0 saturated heterocycles. The van der Waals surface area contributed by atoms with Crippen LogP contribution in [0, 0.1) is 4.91 Å². The van der Waals surface area contributed by atoms with Gasteiger partial charge in [0, 0.05) is 0 Å². The summed E-state index contributed by atoms with van der Waals surface area (Å²) >= 11 is 0. The summed E-state index contributed by atoms with van der Waals surface area (Å²) in [4.78, 5) is 28.7. The Labute approximate surface area is 92.8 Å². The van der Waals surface area contributed by atoms with Gasteiger partial charge < -0.3 is 22.9 Å². The van der Waals surface area contributed by atoms with E-state index in [1.54, 1.807) is 0 Å².